The van der Waals surface area contributed by atoms with Gasteiger partial charge in [-0.25, -0.2) is 4.79 Å². The average molecular weight is 597 g/mol. The molecule has 1 saturated heterocycles. The van der Waals surface area contributed by atoms with Crippen LogP contribution in [0.4, 0.5) is 4.79 Å². The zero-order chi connectivity index (χ0) is 32.1. The van der Waals surface area contributed by atoms with Crippen LogP contribution in [0.2, 0.25) is 0 Å². The van der Waals surface area contributed by atoms with Crippen molar-refractivity contribution >= 4 is 6.16 Å². The van der Waals surface area contributed by atoms with Crippen LogP contribution in [0.5, 0.6) is 5.88 Å². The second kappa shape index (κ2) is 23.1. The van der Waals surface area contributed by atoms with Crippen LogP contribution in [-0.4, -0.2) is 66.5 Å². The molecule has 0 aromatic carbocycles. The Bertz CT molecular complexity index is 910. The number of hydrogen-bond donors (Lipinski definition) is 1. The van der Waals surface area contributed by atoms with Gasteiger partial charge in [0.2, 0.25) is 12.2 Å². The van der Waals surface area contributed by atoms with Crippen molar-refractivity contribution in [3.63, 3.8) is 0 Å². The zero-order valence-electron chi connectivity index (χ0n) is 28.3. The second-order valence-corrected chi connectivity index (χ2v) is 10.6. The van der Waals surface area contributed by atoms with Gasteiger partial charge >= 0.3 is 6.16 Å². The van der Waals surface area contributed by atoms with Crippen LogP contribution in [0.3, 0.4) is 0 Å². The summed E-state index contributed by atoms with van der Waals surface area (Å²) in [5.41, 5.74) is 3.47. The van der Waals surface area contributed by atoms with Crippen molar-refractivity contribution in [3.8, 4) is 5.88 Å². The van der Waals surface area contributed by atoms with Gasteiger partial charge in [-0.2, -0.15) is 0 Å². The van der Waals surface area contributed by atoms with Crippen molar-refractivity contribution in [2.24, 2.45) is 5.92 Å². The molecule has 1 aromatic rings. The molecule has 0 aliphatic carbocycles. The maximum atomic E-state index is 11.7. The first-order chi connectivity index (χ1) is 20.1. The van der Waals surface area contributed by atoms with Gasteiger partial charge in [-0.15, -0.1) is 5.10 Å². The average Bonchev–Trinajstić information content (AvgIpc) is 3.25. The zero-order valence-corrected chi connectivity index (χ0v) is 28.3. The molecule has 1 aliphatic rings. The molecule has 0 spiro atoms. The first-order valence-electron chi connectivity index (χ1n) is 15.7. The molecule has 1 N–H and O–H groups in total. The van der Waals surface area contributed by atoms with E-state index in [1.165, 1.54) is 19.3 Å². The molecule has 42 heavy (non-hydrogen) atoms. The van der Waals surface area contributed by atoms with E-state index in [0.29, 0.717) is 31.9 Å². The normalized spacial score (nSPS) is 19.5. The number of hydrogen-bond acceptors (Lipinski definition) is 8. The van der Waals surface area contributed by atoms with Crippen molar-refractivity contribution in [1.82, 2.24) is 9.78 Å². The minimum atomic E-state index is -0.737. The van der Waals surface area contributed by atoms with Gasteiger partial charge in [-0.3, -0.25) is 4.68 Å². The van der Waals surface area contributed by atoms with Gasteiger partial charge in [0, 0.05) is 31.2 Å². The van der Waals surface area contributed by atoms with E-state index in [9.17, 15) is 9.90 Å². The SMILES string of the molecule is C/C=C\C=C(/CC)CCC.CC.CCC(COC)n1nc(OC2CC(O)CC(COC(=O)OCC(C)C)O2)c(C)c1C. The third-order valence-corrected chi connectivity index (χ3v) is 6.64. The summed E-state index contributed by atoms with van der Waals surface area (Å²) in [4.78, 5) is 11.7. The van der Waals surface area contributed by atoms with Crippen LogP contribution in [0.1, 0.15) is 111 Å². The predicted molar refractivity (Wildman–Crippen MR) is 169 cm³/mol. The Kier molecular flexibility index (Phi) is 21.8. The molecular formula is C33H60N2O7. The quantitative estimate of drug-likeness (QED) is 0.171. The Morgan fingerprint density at radius 3 is 2.38 bits per heavy atom. The van der Waals surface area contributed by atoms with Gasteiger partial charge in [0.15, 0.2) is 0 Å². The number of methoxy groups -OCH3 is 1. The number of allylic oxidation sites excluding steroid dienone is 4. The standard InChI is InChI=1S/C21H36N2O7.C10H18.C2H6/c1-7-16(11-26-6)23-15(5)14(4)20(22-23)30-19-9-17(24)8-18(29-19)12-28-21(25)27-10-13(2)3;1-4-7-9-10(6-3)8-5-2;1-2/h13,16-19,24H,7-12H2,1-6H3;4,7,9H,5-6,8H2,1-3H3;1-2H3/b;7-4-,10-9+;. The lowest BCUT2D eigenvalue weighted by Gasteiger charge is -2.32. The second-order valence-electron chi connectivity index (χ2n) is 10.6. The molecule has 1 aromatic heterocycles. The lowest BCUT2D eigenvalue weighted by Crippen LogP contribution is -2.41. The summed E-state index contributed by atoms with van der Waals surface area (Å²) in [5, 5.41) is 14.8. The first-order valence-corrected chi connectivity index (χ1v) is 15.7. The highest BCUT2D eigenvalue weighted by Gasteiger charge is 2.32. The van der Waals surface area contributed by atoms with Crippen LogP contribution in [-0.2, 0) is 18.9 Å². The number of ether oxygens (including phenoxy) is 5. The van der Waals surface area contributed by atoms with Crippen molar-refractivity contribution < 1.29 is 33.6 Å². The highest BCUT2D eigenvalue weighted by Crippen LogP contribution is 2.28. The molecule has 2 heterocycles. The molecule has 0 radical (unpaired) electrons. The third kappa shape index (κ3) is 15.2. The fourth-order valence-corrected chi connectivity index (χ4v) is 4.22. The van der Waals surface area contributed by atoms with Crippen LogP contribution >= 0.6 is 0 Å². The van der Waals surface area contributed by atoms with Crippen molar-refractivity contribution in [1.29, 1.82) is 0 Å². The van der Waals surface area contributed by atoms with Crippen LogP contribution in [0, 0.1) is 19.8 Å². The topological polar surface area (TPSA) is 101 Å². The number of carbonyl (C=O) groups excluding carboxylic acids is 1. The molecule has 0 saturated carbocycles. The Labute approximate surface area is 255 Å². The lowest BCUT2D eigenvalue weighted by atomic mass is 10.1. The summed E-state index contributed by atoms with van der Waals surface area (Å²) >= 11 is 0. The van der Waals surface area contributed by atoms with Gasteiger partial charge in [0.25, 0.3) is 0 Å². The van der Waals surface area contributed by atoms with Gasteiger partial charge in [0.1, 0.15) is 6.61 Å². The van der Waals surface area contributed by atoms with E-state index in [-0.39, 0.29) is 18.6 Å². The Morgan fingerprint density at radius 2 is 1.83 bits per heavy atom. The molecule has 2 rings (SSSR count). The minimum absolute atomic E-state index is 0.00789. The summed E-state index contributed by atoms with van der Waals surface area (Å²) in [6.07, 6.45) is 9.15. The highest BCUT2D eigenvalue weighted by atomic mass is 16.7. The van der Waals surface area contributed by atoms with Crippen LogP contribution in [0.15, 0.2) is 23.8 Å². The van der Waals surface area contributed by atoms with E-state index in [1.54, 1.807) is 12.7 Å². The van der Waals surface area contributed by atoms with Gasteiger partial charge in [-0.05, 0) is 46.0 Å². The Morgan fingerprint density at radius 1 is 1.14 bits per heavy atom. The molecule has 244 valence electrons. The summed E-state index contributed by atoms with van der Waals surface area (Å²) in [5.74, 6) is 0.697. The van der Waals surface area contributed by atoms with E-state index in [2.05, 4.69) is 51.0 Å². The Hall–Kier alpha value is -2.36. The summed E-state index contributed by atoms with van der Waals surface area (Å²) in [6, 6.07) is 0.113. The van der Waals surface area contributed by atoms with E-state index >= 15 is 0 Å². The molecule has 0 bridgehead atoms. The maximum absolute atomic E-state index is 11.7. The largest absolute Gasteiger partial charge is 0.508 e. The number of aromatic nitrogens is 2. The maximum Gasteiger partial charge on any atom is 0.508 e. The van der Waals surface area contributed by atoms with Gasteiger partial charge in [-0.1, -0.05) is 78.7 Å². The minimum Gasteiger partial charge on any atom is -0.446 e. The fraction of sp³-hybridized carbons (Fsp3) is 0.758. The molecule has 9 nitrogen and oxygen atoms in total. The number of carbonyl (C=O) groups is 1. The molecule has 4 unspecified atom stereocenters. The summed E-state index contributed by atoms with van der Waals surface area (Å²) in [7, 11) is 1.67. The lowest BCUT2D eigenvalue weighted by molar-refractivity contribution is -0.187. The Balaban J connectivity index is 0.00000118. The molecule has 1 aliphatic heterocycles. The molecule has 9 heteroatoms. The van der Waals surface area contributed by atoms with Crippen LogP contribution in [0.25, 0.3) is 0 Å². The summed E-state index contributed by atoms with van der Waals surface area (Å²) < 4.78 is 29.2. The monoisotopic (exact) mass is 596 g/mol. The number of aliphatic hydroxyl groups excluding tert-OH is 1. The molecule has 1 fully saturated rings. The molecule has 4 atom stereocenters. The third-order valence-electron chi connectivity index (χ3n) is 6.64. The fourth-order valence-electron chi connectivity index (χ4n) is 4.22. The van der Waals surface area contributed by atoms with E-state index in [0.717, 1.165) is 17.7 Å². The number of nitrogens with zero attached hydrogens (tertiary/aromatic N) is 2. The predicted octanol–water partition coefficient (Wildman–Crippen LogP) is 7.88. The van der Waals surface area contributed by atoms with Crippen molar-refractivity contribution in [2.45, 2.75) is 132 Å². The first kappa shape index (κ1) is 39.6. The van der Waals surface area contributed by atoms with E-state index in [1.807, 2.05) is 46.2 Å². The number of aliphatic hydroxyl groups is 1. The highest BCUT2D eigenvalue weighted by molar-refractivity contribution is 5.59. The number of rotatable bonds is 14. The molecule has 0 amide bonds. The van der Waals surface area contributed by atoms with Crippen molar-refractivity contribution in [3.05, 3.63) is 35.1 Å². The van der Waals surface area contributed by atoms with Crippen LogP contribution < -0.4 is 4.74 Å². The summed E-state index contributed by atoms with van der Waals surface area (Å²) in [6.45, 7) is 21.2. The van der Waals surface area contributed by atoms with Crippen molar-refractivity contribution in [2.75, 3.05) is 26.9 Å². The smallest absolute Gasteiger partial charge is 0.446 e. The molecular weight excluding hydrogens is 536 g/mol. The van der Waals surface area contributed by atoms with E-state index in [4.69, 9.17) is 23.7 Å². The van der Waals surface area contributed by atoms with Gasteiger partial charge < -0.3 is 28.8 Å². The van der Waals surface area contributed by atoms with E-state index < -0.39 is 24.7 Å². The van der Waals surface area contributed by atoms with Gasteiger partial charge in [0.05, 0.1) is 31.5 Å².